The van der Waals surface area contributed by atoms with Gasteiger partial charge in [0.2, 0.25) is 0 Å². The van der Waals surface area contributed by atoms with Crippen molar-refractivity contribution in [2.45, 2.75) is 43.8 Å². The predicted molar refractivity (Wildman–Crippen MR) is 65.4 cm³/mol. The molecule has 5 heteroatoms. The number of halogens is 4. The third kappa shape index (κ3) is 2.64. The highest BCUT2D eigenvalue weighted by molar-refractivity contribution is 6.31. The summed E-state index contributed by atoms with van der Waals surface area (Å²) in [5.74, 6) is 0. The van der Waals surface area contributed by atoms with Crippen LogP contribution < -0.4 is 5.73 Å². The monoisotopic (exact) mass is 277 g/mol. The fraction of sp³-hybridized carbons (Fsp3) is 0.538. The van der Waals surface area contributed by atoms with Gasteiger partial charge in [0.15, 0.2) is 0 Å². The molecule has 0 heterocycles. The number of nitrogens with two attached hydrogens (primary N) is 1. The Morgan fingerprint density at radius 3 is 2.22 bits per heavy atom. The van der Waals surface area contributed by atoms with Crippen molar-refractivity contribution in [2.75, 3.05) is 0 Å². The minimum atomic E-state index is -4.41. The lowest BCUT2D eigenvalue weighted by atomic mass is 9.77. The highest BCUT2D eigenvalue weighted by Gasteiger charge is 2.35. The van der Waals surface area contributed by atoms with Gasteiger partial charge < -0.3 is 5.73 Å². The van der Waals surface area contributed by atoms with Crippen molar-refractivity contribution >= 4 is 11.6 Å². The van der Waals surface area contributed by atoms with E-state index < -0.39 is 17.3 Å². The van der Waals surface area contributed by atoms with Crippen LogP contribution in [0.3, 0.4) is 0 Å². The van der Waals surface area contributed by atoms with Crippen molar-refractivity contribution in [2.24, 2.45) is 5.73 Å². The van der Waals surface area contributed by atoms with Gasteiger partial charge in [0.1, 0.15) is 0 Å². The molecule has 0 unspecified atom stereocenters. The van der Waals surface area contributed by atoms with E-state index in [9.17, 15) is 13.2 Å². The number of hydrogen-bond donors (Lipinski definition) is 1. The summed E-state index contributed by atoms with van der Waals surface area (Å²) in [4.78, 5) is 0. The number of alkyl halides is 3. The molecule has 0 aromatic heterocycles. The van der Waals surface area contributed by atoms with E-state index in [1.165, 1.54) is 12.1 Å². The minimum Gasteiger partial charge on any atom is -0.321 e. The molecule has 0 saturated heterocycles. The van der Waals surface area contributed by atoms with Crippen LogP contribution in [0.2, 0.25) is 5.02 Å². The average Bonchev–Trinajstić information content (AvgIpc) is 2.28. The first-order chi connectivity index (χ1) is 8.33. The van der Waals surface area contributed by atoms with Crippen molar-refractivity contribution in [3.05, 3.63) is 34.3 Å². The molecule has 0 atom stereocenters. The first-order valence-electron chi connectivity index (χ1n) is 5.99. The van der Waals surface area contributed by atoms with E-state index in [0.29, 0.717) is 5.56 Å². The minimum absolute atomic E-state index is 0.268. The lowest BCUT2D eigenvalue weighted by molar-refractivity contribution is -0.137. The quantitative estimate of drug-likeness (QED) is 0.805. The predicted octanol–water partition coefficient (Wildman–Crippen LogP) is 4.48. The second-order valence-corrected chi connectivity index (χ2v) is 5.32. The first-order valence-corrected chi connectivity index (χ1v) is 6.37. The van der Waals surface area contributed by atoms with Crippen LogP contribution in [0.15, 0.2) is 18.2 Å². The van der Waals surface area contributed by atoms with Crippen LogP contribution in [0.4, 0.5) is 13.2 Å². The standard InChI is InChI=1S/C13H15ClF3N/c14-11-8-9(4-5-10(11)13(15,16)17)12(18)6-2-1-3-7-12/h4-5,8H,1-3,6-7,18H2. The molecule has 0 aliphatic heterocycles. The maximum absolute atomic E-state index is 12.6. The van der Waals surface area contributed by atoms with Crippen molar-refractivity contribution in [3.63, 3.8) is 0 Å². The average molecular weight is 278 g/mol. The molecular formula is C13H15ClF3N. The third-order valence-electron chi connectivity index (χ3n) is 3.60. The van der Waals surface area contributed by atoms with Crippen LogP contribution in [0.1, 0.15) is 43.2 Å². The van der Waals surface area contributed by atoms with Gasteiger partial charge in [-0.05, 0) is 30.5 Å². The number of hydrogen-bond acceptors (Lipinski definition) is 1. The lowest BCUT2D eigenvalue weighted by Gasteiger charge is -2.34. The van der Waals surface area contributed by atoms with E-state index in [4.69, 9.17) is 17.3 Å². The largest absolute Gasteiger partial charge is 0.417 e. The Hall–Kier alpha value is -0.740. The van der Waals surface area contributed by atoms with Crippen LogP contribution in [-0.4, -0.2) is 0 Å². The van der Waals surface area contributed by atoms with Gasteiger partial charge in [0, 0.05) is 5.54 Å². The van der Waals surface area contributed by atoms with E-state index in [1.807, 2.05) is 0 Å². The van der Waals surface area contributed by atoms with Crippen LogP contribution in [0.5, 0.6) is 0 Å². The molecule has 0 radical (unpaired) electrons. The Morgan fingerprint density at radius 2 is 1.72 bits per heavy atom. The van der Waals surface area contributed by atoms with Gasteiger partial charge in [-0.25, -0.2) is 0 Å². The van der Waals surface area contributed by atoms with E-state index in [-0.39, 0.29) is 5.02 Å². The fourth-order valence-electron chi connectivity index (χ4n) is 2.53. The molecule has 0 bridgehead atoms. The maximum Gasteiger partial charge on any atom is 0.417 e. The van der Waals surface area contributed by atoms with E-state index in [1.54, 1.807) is 0 Å². The Balaban J connectivity index is 2.34. The zero-order valence-corrected chi connectivity index (χ0v) is 10.6. The van der Waals surface area contributed by atoms with Crippen molar-refractivity contribution < 1.29 is 13.2 Å². The molecule has 0 amide bonds. The van der Waals surface area contributed by atoms with Gasteiger partial charge in [-0.1, -0.05) is 36.9 Å². The molecule has 1 fully saturated rings. The summed E-state index contributed by atoms with van der Waals surface area (Å²) in [6, 6.07) is 3.86. The number of rotatable bonds is 1. The molecule has 18 heavy (non-hydrogen) atoms. The summed E-state index contributed by atoms with van der Waals surface area (Å²) in [7, 11) is 0. The molecule has 2 rings (SSSR count). The third-order valence-corrected chi connectivity index (χ3v) is 3.91. The van der Waals surface area contributed by atoms with E-state index in [2.05, 4.69) is 0 Å². The lowest BCUT2D eigenvalue weighted by Crippen LogP contribution is -2.38. The van der Waals surface area contributed by atoms with Gasteiger partial charge in [0.05, 0.1) is 10.6 Å². The molecule has 1 aliphatic rings. The summed E-state index contributed by atoms with van der Waals surface area (Å²) in [6.07, 6.45) is 0.338. The van der Waals surface area contributed by atoms with Crippen LogP contribution >= 0.6 is 11.6 Å². The second kappa shape index (κ2) is 4.74. The topological polar surface area (TPSA) is 26.0 Å². The summed E-state index contributed by atoms with van der Waals surface area (Å²) in [5, 5.41) is -0.268. The van der Waals surface area contributed by atoms with Crippen LogP contribution in [0.25, 0.3) is 0 Å². The SMILES string of the molecule is NC1(c2ccc(C(F)(F)F)c(Cl)c2)CCCCC1. The van der Waals surface area contributed by atoms with Gasteiger partial charge in [-0.15, -0.1) is 0 Å². The van der Waals surface area contributed by atoms with E-state index >= 15 is 0 Å². The molecular weight excluding hydrogens is 263 g/mol. The Bertz CT molecular complexity index is 436. The van der Waals surface area contributed by atoms with Gasteiger partial charge >= 0.3 is 6.18 Å². The zero-order valence-electron chi connectivity index (χ0n) is 9.86. The smallest absolute Gasteiger partial charge is 0.321 e. The Kier molecular flexibility index (Phi) is 3.60. The molecule has 1 aromatic rings. The summed E-state index contributed by atoms with van der Waals surface area (Å²) in [6.45, 7) is 0. The normalized spacial score (nSPS) is 19.8. The van der Waals surface area contributed by atoms with Gasteiger partial charge in [-0.3, -0.25) is 0 Å². The molecule has 1 nitrogen and oxygen atoms in total. The Morgan fingerprint density at radius 1 is 1.11 bits per heavy atom. The first kappa shape index (κ1) is 13.7. The molecule has 100 valence electrons. The van der Waals surface area contributed by atoms with Crippen LogP contribution in [0, 0.1) is 0 Å². The summed E-state index contributed by atoms with van der Waals surface area (Å²) < 4.78 is 37.8. The van der Waals surface area contributed by atoms with Crippen molar-refractivity contribution in [3.8, 4) is 0 Å². The molecule has 0 spiro atoms. The number of benzene rings is 1. The van der Waals surface area contributed by atoms with Gasteiger partial charge in [-0.2, -0.15) is 13.2 Å². The summed E-state index contributed by atoms with van der Waals surface area (Å²) >= 11 is 5.72. The molecule has 1 saturated carbocycles. The van der Waals surface area contributed by atoms with Crippen molar-refractivity contribution in [1.82, 2.24) is 0 Å². The van der Waals surface area contributed by atoms with Gasteiger partial charge in [0.25, 0.3) is 0 Å². The highest BCUT2D eigenvalue weighted by atomic mass is 35.5. The van der Waals surface area contributed by atoms with E-state index in [0.717, 1.165) is 38.2 Å². The van der Waals surface area contributed by atoms with Crippen molar-refractivity contribution in [1.29, 1.82) is 0 Å². The zero-order chi connectivity index (χ0) is 13.4. The molecule has 1 aromatic carbocycles. The van der Waals surface area contributed by atoms with Crippen LogP contribution in [-0.2, 0) is 11.7 Å². The fourth-order valence-corrected chi connectivity index (χ4v) is 2.81. The maximum atomic E-state index is 12.6. The highest BCUT2D eigenvalue weighted by Crippen LogP contribution is 2.39. The molecule has 1 aliphatic carbocycles. The summed E-state index contributed by atoms with van der Waals surface area (Å²) in [5.41, 5.74) is 5.66. The second-order valence-electron chi connectivity index (χ2n) is 4.91. The molecule has 2 N–H and O–H groups in total. The Labute approximate surface area is 109 Å².